The fourth-order valence-electron chi connectivity index (χ4n) is 2.28. The summed E-state index contributed by atoms with van der Waals surface area (Å²) in [5.74, 6) is -0.353. The fourth-order valence-corrected chi connectivity index (χ4v) is 2.28. The van der Waals surface area contributed by atoms with Gasteiger partial charge < -0.3 is 9.47 Å². The zero-order valence-electron chi connectivity index (χ0n) is 10.7. The first-order chi connectivity index (χ1) is 8.52. The van der Waals surface area contributed by atoms with Gasteiger partial charge in [0.2, 0.25) is 0 Å². The van der Waals surface area contributed by atoms with Crippen LogP contribution in [0.5, 0.6) is 0 Å². The van der Waals surface area contributed by atoms with E-state index in [1.54, 1.807) is 12.1 Å². The number of ether oxygens (including phenoxy) is 2. The monoisotopic (exact) mass is 248 g/mol. The minimum Gasteiger partial charge on any atom is -0.469 e. The Hall–Kier alpha value is -1.84. The van der Waals surface area contributed by atoms with E-state index in [1.165, 1.54) is 14.2 Å². The van der Waals surface area contributed by atoms with Gasteiger partial charge in [-0.05, 0) is 31.0 Å². The molecule has 4 nitrogen and oxygen atoms in total. The summed E-state index contributed by atoms with van der Waals surface area (Å²) in [4.78, 5) is 22.9. The maximum absolute atomic E-state index is 11.6. The van der Waals surface area contributed by atoms with Crippen molar-refractivity contribution >= 4 is 11.9 Å². The van der Waals surface area contributed by atoms with Crippen molar-refractivity contribution < 1.29 is 19.1 Å². The first-order valence-electron chi connectivity index (χ1n) is 5.79. The van der Waals surface area contributed by atoms with Crippen LogP contribution in [0.4, 0.5) is 0 Å². The Bertz CT molecular complexity index is 477. The first kappa shape index (κ1) is 12.6. The molecule has 1 aromatic rings. The van der Waals surface area contributed by atoms with Crippen LogP contribution in [0.25, 0.3) is 0 Å². The summed E-state index contributed by atoms with van der Waals surface area (Å²) in [6.07, 6.45) is 0.789. The molecule has 96 valence electrons. The fraction of sp³-hybridized carbons (Fsp3) is 0.429. The number of rotatable bonds is 3. The summed E-state index contributed by atoms with van der Waals surface area (Å²) < 4.78 is 9.43. The van der Waals surface area contributed by atoms with Gasteiger partial charge in [-0.25, -0.2) is 4.79 Å². The van der Waals surface area contributed by atoms with Crippen molar-refractivity contribution in [1.29, 1.82) is 0 Å². The molecule has 18 heavy (non-hydrogen) atoms. The van der Waals surface area contributed by atoms with Gasteiger partial charge in [-0.2, -0.15) is 0 Å². The summed E-state index contributed by atoms with van der Waals surface area (Å²) in [5, 5.41) is 0. The molecule has 2 rings (SSSR count). The normalized spacial score (nSPS) is 25.4. The minimum absolute atomic E-state index is 0.176. The molecule has 0 bridgehead atoms. The highest BCUT2D eigenvalue weighted by atomic mass is 16.5. The molecule has 0 aromatic heterocycles. The number of carbonyl (C=O) groups excluding carboxylic acids is 2. The number of hydrogen-bond acceptors (Lipinski definition) is 4. The largest absolute Gasteiger partial charge is 0.469 e. The van der Waals surface area contributed by atoms with Crippen LogP contribution in [-0.4, -0.2) is 26.2 Å². The van der Waals surface area contributed by atoms with E-state index in [-0.39, 0.29) is 17.9 Å². The van der Waals surface area contributed by atoms with E-state index in [2.05, 4.69) is 4.74 Å². The number of methoxy groups -OCH3 is 2. The van der Waals surface area contributed by atoms with Crippen molar-refractivity contribution in [3.8, 4) is 0 Å². The van der Waals surface area contributed by atoms with Gasteiger partial charge in [-0.3, -0.25) is 4.79 Å². The summed E-state index contributed by atoms with van der Waals surface area (Å²) >= 11 is 0. The average Bonchev–Trinajstić information content (AvgIpc) is 3.10. The third-order valence-corrected chi connectivity index (χ3v) is 3.62. The molecule has 0 spiro atoms. The third kappa shape index (κ3) is 1.98. The predicted octanol–water partition coefficient (Wildman–Crippen LogP) is 2.14. The highest BCUT2D eigenvalue weighted by molar-refractivity contribution is 5.89. The zero-order chi connectivity index (χ0) is 13.3. The van der Waals surface area contributed by atoms with Gasteiger partial charge in [0, 0.05) is 5.92 Å². The number of benzene rings is 1. The first-order valence-corrected chi connectivity index (χ1v) is 5.79. The lowest BCUT2D eigenvalue weighted by Gasteiger charge is -2.08. The number of hydrogen-bond donors (Lipinski definition) is 0. The van der Waals surface area contributed by atoms with E-state index < -0.39 is 5.41 Å². The molecular weight excluding hydrogens is 232 g/mol. The SMILES string of the molecule is COC(=O)c1ccc([C@@H]2C[C@]2(C)C(=O)OC)cc1. The van der Waals surface area contributed by atoms with Crippen molar-refractivity contribution in [2.75, 3.05) is 14.2 Å². The third-order valence-electron chi connectivity index (χ3n) is 3.62. The smallest absolute Gasteiger partial charge is 0.337 e. The molecule has 0 heterocycles. The highest BCUT2D eigenvalue weighted by Crippen LogP contribution is 2.59. The Morgan fingerprint density at radius 3 is 2.28 bits per heavy atom. The van der Waals surface area contributed by atoms with Crippen LogP contribution >= 0.6 is 0 Å². The van der Waals surface area contributed by atoms with Crippen LogP contribution in [0.3, 0.4) is 0 Å². The van der Waals surface area contributed by atoms with Crippen LogP contribution in [0.2, 0.25) is 0 Å². The van der Waals surface area contributed by atoms with Gasteiger partial charge in [0.05, 0.1) is 25.2 Å². The van der Waals surface area contributed by atoms with E-state index in [0.29, 0.717) is 5.56 Å². The minimum atomic E-state index is -0.415. The molecule has 0 radical (unpaired) electrons. The van der Waals surface area contributed by atoms with Crippen LogP contribution in [0.1, 0.15) is 35.2 Å². The molecule has 0 amide bonds. The van der Waals surface area contributed by atoms with Gasteiger partial charge in [-0.1, -0.05) is 12.1 Å². The second-order valence-electron chi connectivity index (χ2n) is 4.78. The van der Waals surface area contributed by atoms with Gasteiger partial charge in [0.25, 0.3) is 0 Å². The van der Waals surface area contributed by atoms with Gasteiger partial charge in [0.15, 0.2) is 0 Å². The average molecular weight is 248 g/mol. The standard InChI is InChI=1S/C14H16O4/c1-14(13(16)18-3)8-11(14)9-4-6-10(7-5-9)12(15)17-2/h4-7,11H,8H2,1-3H3/t11-,14-/m0/s1. The zero-order valence-corrected chi connectivity index (χ0v) is 10.7. The lowest BCUT2D eigenvalue weighted by atomic mass is 10.0. The molecule has 0 aliphatic heterocycles. The van der Waals surface area contributed by atoms with Gasteiger partial charge >= 0.3 is 11.9 Å². The Balaban J connectivity index is 2.13. The molecule has 4 heteroatoms. The van der Waals surface area contributed by atoms with E-state index in [0.717, 1.165) is 12.0 Å². The van der Waals surface area contributed by atoms with Crippen LogP contribution < -0.4 is 0 Å². The topological polar surface area (TPSA) is 52.6 Å². The predicted molar refractivity (Wildman–Crippen MR) is 65.3 cm³/mol. The summed E-state index contributed by atoms with van der Waals surface area (Å²) in [7, 11) is 2.76. The molecule has 2 atom stereocenters. The van der Waals surface area contributed by atoms with Gasteiger partial charge in [0.1, 0.15) is 0 Å². The lowest BCUT2D eigenvalue weighted by Crippen LogP contribution is -2.15. The Morgan fingerprint density at radius 1 is 1.17 bits per heavy atom. The Labute approximate surface area is 106 Å². The summed E-state index contributed by atoms with van der Waals surface area (Å²) in [5.41, 5.74) is 1.15. The van der Waals surface area contributed by atoms with Crippen LogP contribution in [0, 0.1) is 5.41 Å². The van der Waals surface area contributed by atoms with Gasteiger partial charge in [-0.15, -0.1) is 0 Å². The van der Waals surface area contributed by atoms with Crippen molar-refractivity contribution in [2.45, 2.75) is 19.3 Å². The molecule has 0 N–H and O–H groups in total. The Morgan fingerprint density at radius 2 is 1.78 bits per heavy atom. The van der Waals surface area contributed by atoms with E-state index in [1.807, 2.05) is 19.1 Å². The lowest BCUT2D eigenvalue weighted by molar-refractivity contribution is -0.146. The van der Waals surface area contributed by atoms with Crippen LogP contribution in [0.15, 0.2) is 24.3 Å². The van der Waals surface area contributed by atoms with Crippen molar-refractivity contribution in [3.05, 3.63) is 35.4 Å². The highest BCUT2D eigenvalue weighted by Gasteiger charge is 2.57. The molecule has 0 unspecified atom stereocenters. The van der Waals surface area contributed by atoms with Crippen molar-refractivity contribution in [1.82, 2.24) is 0 Å². The molecule has 1 saturated carbocycles. The maximum atomic E-state index is 11.6. The molecular formula is C14H16O4. The molecule has 1 aliphatic rings. The number of esters is 2. The second kappa shape index (κ2) is 4.44. The quantitative estimate of drug-likeness (QED) is 0.769. The Kier molecular flexibility index (Phi) is 3.11. The molecule has 1 aromatic carbocycles. The molecule has 1 fully saturated rings. The van der Waals surface area contributed by atoms with Crippen molar-refractivity contribution in [2.24, 2.45) is 5.41 Å². The maximum Gasteiger partial charge on any atom is 0.337 e. The summed E-state index contributed by atoms with van der Waals surface area (Å²) in [6.45, 7) is 1.90. The van der Waals surface area contributed by atoms with Crippen molar-refractivity contribution in [3.63, 3.8) is 0 Å². The molecule has 1 aliphatic carbocycles. The van der Waals surface area contributed by atoms with E-state index in [9.17, 15) is 9.59 Å². The van der Waals surface area contributed by atoms with E-state index >= 15 is 0 Å². The van der Waals surface area contributed by atoms with Crippen LogP contribution in [-0.2, 0) is 14.3 Å². The molecule has 0 saturated heterocycles. The number of carbonyl (C=O) groups is 2. The second-order valence-corrected chi connectivity index (χ2v) is 4.78. The summed E-state index contributed by atoms with van der Waals surface area (Å²) in [6, 6.07) is 7.17. The van der Waals surface area contributed by atoms with E-state index in [4.69, 9.17) is 4.74 Å².